The van der Waals surface area contributed by atoms with Gasteiger partial charge in [-0.2, -0.15) is 0 Å². The van der Waals surface area contributed by atoms with Crippen molar-refractivity contribution in [3.63, 3.8) is 0 Å². The molecule has 551 valence electrons. The van der Waals surface area contributed by atoms with E-state index >= 15 is 0 Å². The van der Waals surface area contributed by atoms with Gasteiger partial charge in [0.05, 0.1) is 33.1 Å². The normalized spacial score (nSPS) is 15.9. The molecule has 9 nitrogen and oxygen atoms in total. The van der Waals surface area contributed by atoms with Crippen molar-refractivity contribution >= 4 is 238 Å². The summed E-state index contributed by atoms with van der Waals surface area (Å²) >= 11 is 0. The van der Waals surface area contributed by atoms with Crippen LogP contribution in [-0.4, -0.2) is 84.6 Å². The predicted octanol–water partition coefficient (Wildman–Crippen LogP) is 13.5. The van der Waals surface area contributed by atoms with Crippen LogP contribution in [0, 0.1) is 20.8 Å². The molecule has 0 unspecified atom stereocenters. The molecule has 1 radical (unpaired) electrons. The third-order valence-electron chi connectivity index (χ3n) is 30.0. The fraction of sp³-hybridized carbons (Fsp3) is 0.0303. The van der Waals surface area contributed by atoms with Gasteiger partial charge in [0, 0.05) is 49.4 Å². The van der Waals surface area contributed by atoms with Gasteiger partial charge in [-0.3, -0.25) is 0 Å². The predicted molar refractivity (Wildman–Crippen MR) is 518 cm³/mol. The maximum absolute atomic E-state index is 7.02. The topological polar surface area (TPSA) is 69.0 Å². The van der Waals surface area contributed by atoms with Crippen LogP contribution in [0.5, 0.6) is 46.0 Å². The van der Waals surface area contributed by atoms with Gasteiger partial charge < -0.3 is 27.9 Å². The van der Waals surface area contributed by atoms with E-state index in [2.05, 4.69) is 361 Å². The van der Waals surface area contributed by atoms with E-state index in [4.69, 9.17) is 23.5 Å². The molecule has 4 fully saturated rings. The minimum absolute atomic E-state index is 0.0417. The van der Waals surface area contributed by atoms with Gasteiger partial charge in [-0.15, -0.1) is 0 Å². The second kappa shape index (κ2) is 23.1. The summed E-state index contributed by atoms with van der Waals surface area (Å²) < 4.78 is 41.9. The molecule has 0 bridgehead atoms. The van der Waals surface area contributed by atoms with Crippen molar-refractivity contribution in [2.75, 3.05) is 0 Å². The SMILES string of the molecule is Cc1ccc2c(c1)B1c3ccccc3-n3c4ccccc4c4ccc(c1c43)O2.Cc1ccc2c(c1)Oc1ccc3c4ccccc4n4c3c1B2c1ccccc1-4.Cc1cccc2c1B1c3ccccc3-n3c4ccccc4c4ccc(c1c43)O2.[B]1B2[BH2-]P12(N=[P+]1B2[BH2-]B21)c1cccc2c1Oc1ccc3c4ccccc4n4c3c1B2c1ccccc1-4. The first-order chi connectivity index (χ1) is 59.2. The Morgan fingerprint density at radius 2 is 0.675 bits per heavy atom. The summed E-state index contributed by atoms with van der Waals surface area (Å²) in [7, 11) is 0.486. The Morgan fingerprint density at radius 3 is 1.15 bits per heavy atom. The van der Waals surface area contributed by atoms with Crippen LogP contribution in [0.4, 0.5) is 0 Å². The first-order valence-corrected chi connectivity index (χ1v) is 47.2. The first-order valence-electron chi connectivity index (χ1n) is 43.0. The molecule has 20 aromatic rings. The number of nitrogens with zero attached hydrogens (tertiary/aromatic N) is 5. The summed E-state index contributed by atoms with van der Waals surface area (Å²) in [6, 6.07) is 115. The molecule has 21 heteroatoms. The van der Waals surface area contributed by atoms with E-state index in [1.54, 1.807) is 0 Å². The van der Waals surface area contributed by atoms with Crippen LogP contribution in [0.15, 0.2) is 320 Å². The Hall–Kier alpha value is -12.9. The number of rotatable bonds is 2. The Labute approximate surface area is 696 Å². The minimum atomic E-state index is -2.02. The van der Waals surface area contributed by atoms with Crippen LogP contribution in [-0.2, 0) is 0 Å². The third-order valence-corrected chi connectivity index (χ3v) is 41.3. The molecule has 0 amide bonds. The molecule has 0 spiro atoms. The van der Waals surface area contributed by atoms with Gasteiger partial charge in [-0.1, -0.05) is 157 Å². The number of benzene rings is 16. The summed E-state index contributed by atoms with van der Waals surface area (Å²) in [5.74, 6) is 8.11. The van der Waals surface area contributed by atoms with Crippen molar-refractivity contribution < 1.29 is 18.9 Å². The monoisotopic (exact) mass is 1560 g/mol. The molecule has 0 aliphatic carbocycles. The number of aromatic nitrogens is 4. The van der Waals surface area contributed by atoms with Crippen molar-refractivity contribution in [1.82, 2.24) is 18.3 Å². The average molecular weight is 1560 g/mol. The van der Waals surface area contributed by atoms with Gasteiger partial charge in [0.15, 0.2) is 0 Å². The van der Waals surface area contributed by atoms with E-state index in [0.29, 0.717) is 7.06 Å². The van der Waals surface area contributed by atoms with Crippen LogP contribution in [0.3, 0.4) is 0 Å². The van der Waals surface area contributed by atoms with Crippen molar-refractivity contribution in [1.29, 1.82) is 0 Å². The molecule has 0 atom stereocenters. The van der Waals surface area contributed by atoms with E-state index in [1.807, 2.05) is 0 Å². The van der Waals surface area contributed by atoms with Gasteiger partial charge in [0.2, 0.25) is 0 Å². The van der Waals surface area contributed by atoms with Gasteiger partial charge in [-0.05, 0) is 166 Å². The van der Waals surface area contributed by atoms with E-state index in [0.717, 1.165) is 58.9 Å². The molecule has 12 aliphatic heterocycles. The first kappa shape index (κ1) is 66.1. The molecule has 4 saturated heterocycles. The third kappa shape index (κ3) is 8.45. The molecule has 0 saturated carbocycles. The van der Waals surface area contributed by atoms with Gasteiger partial charge in [0.25, 0.3) is 20.1 Å². The van der Waals surface area contributed by atoms with E-state index in [1.165, 1.54) is 203 Å². The van der Waals surface area contributed by atoms with Crippen LogP contribution in [0.25, 0.3) is 110 Å². The van der Waals surface area contributed by atoms with Crippen molar-refractivity contribution in [2.24, 2.45) is 4.52 Å². The van der Waals surface area contributed by atoms with Gasteiger partial charge in [0.1, 0.15) is 34.5 Å². The number of fused-ring (bicyclic) bond motifs is 34. The second-order valence-electron chi connectivity index (χ2n) is 36.2. The van der Waals surface area contributed by atoms with E-state index in [-0.39, 0.29) is 41.2 Å². The Morgan fingerprint density at radius 1 is 0.308 bits per heavy atom. The summed E-state index contributed by atoms with van der Waals surface area (Å²) in [4.78, 5) is 0. The van der Waals surface area contributed by atoms with Crippen LogP contribution in [0.1, 0.15) is 16.7 Å². The zero-order valence-electron chi connectivity index (χ0n) is 66.4. The number of hydrogen-bond donors (Lipinski definition) is 0. The fourth-order valence-corrected chi connectivity index (χ4v) is 36.7. The zero-order valence-corrected chi connectivity index (χ0v) is 68.2. The molecule has 4 aromatic heterocycles. The van der Waals surface area contributed by atoms with Gasteiger partial charge in [-0.25, -0.2) is 0 Å². The van der Waals surface area contributed by atoms with E-state index in [9.17, 15) is 0 Å². The Balaban J connectivity index is 0.0000000817. The van der Waals surface area contributed by atoms with Crippen molar-refractivity contribution in [3.05, 3.63) is 332 Å². The molecule has 16 aromatic carbocycles. The van der Waals surface area contributed by atoms with Crippen LogP contribution >= 0.6 is 13.9 Å². The fourth-order valence-electron chi connectivity index (χ4n) is 24.0. The summed E-state index contributed by atoms with van der Waals surface area (Å²) in [6.45, 7) is 10.1. The van der Waals surface area contributed by atoms with Crippen molar-refractivity contribution in [3.8, 4) is 68.7 Å². The molecule has 12 aliphatic rings. The standard InChI is InChI=1S/3C25H16BNO.C24H17B7N2OP2/c1-15-7-6-12-21-23(15)26-18-9-3-5-11-20(18)27-19-10-4-2-8-16(19)17-13-14-22(28-21)24(26)25(17)27;1-15-10-12-22-19(14-15)26-18-7-3-5-9-21(18)27-20-8-4-2-6-16(20)17-11-13-23(28-22)24(26)25(17)27;1-15-10-12-19-23(14-15)28-22-13-11-17-16-6-2-4-8-20(16)27-21-9-5-3-7-18(21)26(19)24(22)25(17)27;1-3-9-18-14(6-1)15-12-13-20-22-23(15)33(18)19-10-4-2-7-16(19)28(22)17-8-5-11-21(24(17)34-20)36(26-29(36)27-36)32-35-30-25-31(30)35/h3*2-14H,1H3;1-13H,25-26H2/q;;;-1. The number of hydrogen-bond acceptors (Lipinski definition) is 5. The van der Waals surface area contributed by atoms with Crippen LogP contribution in [0.2, 0.25) is 0 Å². The average Bonchev–Trinajstić information content (AvgIpc) is 1.42. The van der Waals surface area contributed by atoms with Crippen LogP contribution < -0.4 is 89.8 Å². The molecule has 32 rings (SSSR count). The maximum atomic E-state index is 7.02. The van der Waals surface area contributed by atoms with E-state index < -0.39 is 6.39 Å². The Bertz CT molecular complexity index is 8270. The number of ether oxygens (including phenoxy) is 4. The molecule has 16 heterocycles. The summed E-state index contributed by atoms with van der Waals surface area (Å²) in [5.41, 5.74) is 35.0. The van der Waals surface area contributed by atoms with Gasteiger partial charge >= 0.3 is 213 Å². The second-order valence-corrected chi connectivity index (χ2v) is 44.7. The summed E-state index contributed by atoms with van der Waals surface area (Å²) in [6.07, 6.45) is 1.11. The Kier molecular flexibility index (Phi) is 12.7. The number of aryl methyl sites for hydroxylation is 3. The summed E-state index contributed by atoms with van der Waals surface area (Å²) in [5, 5.41) is 12.0. The zero-order chi connectivity index (χ0) is 78.2. The molecule has 0 N–H and O–H groups in total. The molecular weight excluding hydrogens is 1490 g/mol. The van der Waals surface area contributed by atoms with Crippen molar-refractivity contribution in [2.45, 2.75) is 20.8 Å². The quantitative estimate of drug-likeness (QED) is 0.128. The molecular formula is C99H65B10N5O4P2-. The molecule has 120 heavy (non-hydrogen) atoms. The number of para-hydroxylation sites is 9.